The Morgan fingerprint density at radius 3 is 0.817 bits per heavy atom. The summed E-state index contributed by atoms with van der Waals surface area (Å²) in [7, 11) is 10.7. The number of hydrogen-bond acceptors (Lipinski definition) is 12. The highest BCUT2D eigenvalue weighted by atomic mass is 35.5. The summed E-state index contributed by atoms with van der Waals surface area (Å²) in [6.07, 6.45) is 13.0. The summed E-state index contributed by atoms with van der Waals surface area (Å²) in [5, 5.41) is 9.78. The van der Waals surface area contributed by atoms with Crippen molar-refractivity contribution in [3.05, 3.63) is 172 Å². The molecule has 0 spiro atoms. The van der Waals surface area contributed by atoms with Gasteiger partial charge >= 0.3 is 0 Å². The number of halogens is 5. The average molecular weight is 1750 g/mol. The first kappa shape index (κ1) is 86.2. The fourth-order valence-electron chi connectivity index (χ4n) is 19.9. The van der Waals surface area contributed by atoms with E-state index in [1.807, 2.05) is 90.9 Å². The number of morpholine rings is 1. The van der Waals surface area contributed by atoms with Crippen molar-refractivity contribution in [2.45, 2.75) is 149 Å². The molecule has 5 aromatic heterocycles. The number of aromatic nitrogens is 5. The summed E-state index contributed by atoms with van der Waals surface area (Å²) in [6.45, 7) is 24.1. The Morgan fingerprint density at radius 2 is 0.550 bits per heavy atom. The summed E-state index contributed by atoms with van der Waals surface area (Å²) >= 11 is 33.1. The first-order valence-corrected chi connectivity index (χ1v) is 46.5. The molecule has 0 unspecified atom stereocenters. The SMILES string of the molecule is CC1CCN(C(=O)Cn2c3c(c4cc(Cl)ccc42)CN(C)CC3)CC1.CN1CCc2c(c3cc(Cl)ccc3n2CC(=O)N2CCCC2)C1.CN1CCc2c(c3cc(Cl)ccc3n2CC(=O)N2CCCCC2)C1.CN1CCc2c(c3cc(Cl)ccc3n2CC(=O)N2CCOCC2)C1.CN1CCc2c(c3cc(Cl)ccc3n2CC(=O)N2CCSCC2)C1. The number of ether oxygens (including phenoxy) is 1. The maximum absolute atomic E-state index is 12.9. The molecule has 5 amide bonds. The number of carbonyl (C=O) groups is 5. The maximum atomic E-state index is 12.9. The molecule has 0 N–H and O–H groups in total. The zero-order valence-electron chi connectivity index (χ0n) is 70.7. The van der Waals surface area contributed by atoms with Gasteiger partial charge in [-0.05, 0) is 205 Å². The Hall–Kier alpha value is -7.29. The van der Waals surface area contributed by atoms with Gasteiger partial charge in [0, 0.05) is 283 Å². The van der Waals surface area contributed by atoms with Gasteiger partial charge in [0.05, 0.1) is 13.2 Å². The van der Waals surface area contributed by atoms with Crippen molar-refractivity contribution in [1.29, 1.82) is 0 Å². The number of carbonyl (C=O) groups excluding carboxylic acids is 5. The van der Waals surface area contributed by atoms with E-state index in [0.717, 1.165) is 259 Å². The lowest BCUT2D eigenvalue weighted by molar-refractivity contribution is -0.136. The highest BCUT2D eigenvalue weighted by Crippen LogP contribution is 2.39. The van der Waals surface area contributed by atoms with Gasteiger partial charge in [-0.1, -0.05) is 64.9 Å². The van der Waals surface area contributed by atoms with Crippen molar-refractivity contribution < 1.29 is 28.7 Å². The fourth-order valence-corrected chi connectivity index (χ4v) is 21.6. The van der Waals surface area contributed by atoms with Crippen molar-refractivity contribution in [3.63, 3.8) is 0 Å². The molecule has 0 saturated carbocycles. The zero-order chi connectivity index (χ0) is 83.6. The average Bonchev–Trinajstić information content (AvgIpc) is 1.63. The van der Waals surface area contributed by atoms with E-state index in [1.54, 1.807) is 0 Å². The summed E-state index contributed by atoms with van der Waals surface area (Å²) in [5.74, 6) is 4.00. The molecule has 27 heteroatoms. The van der Waals surface area contributed by atoms with E-state index in [-0.39, 0.29) is 29.5 Å². The molecule has 0 aliphatic carbocycles. The van der Waals surface area contributed by atoms with Gasteiger partial charge in [-0.15, -0.1) is 0 Å². The normalized spacial score (nSPS) is 18.9. The molecule has 0 radical (unpaired) electrons. The molecule has 15 heterocycles. The fraction of sp³-hybridized carbons (Fsp3) is 0.516. The van der Waals surface area contributed by atoms with Gasteiger partial charge in [0.1, 0.15) is 32.7 Å². The van der Waals surface area contributed by atoms with Gasteiger partial charge < -0.3 is 76.6 Å². The van der Waals surface area contributed by atoms with Crippen LogP contribution in [0.3, 0.4) is 0 Å². The largest absolute Gasteiger partial charge is 0.378 e. The second kappa shape index (κ2) is 38.4. The Bertz CT molecular complexity index is 5130. The van der Waals surface area contributed by atoms with E-state index in [9.17, 15) is 24.0 Å². The lowest BCUT2D eigenvalue weighted by atomic mass is 9.99. The van der Waals surface area contributed by atoms with Gasteiger partial charge in [-0.25, -0.2) is 0 Å². The first-order valence-electron chi connectivity index (χ1n) is 43.5. The molecular weight excluding hydrogens is 1630 g/mol. The Morgan fingerprint density at radius 1 is 0.317 bits per heavy atom. The first-order chi connectivity index (χ1) is 58.0. The molecule has 10 aliphatic rings. The summed E-state index contributed by atoms with van der Waals surface area (Å²) in [4.78, 5) is 85.5. The number of piperidine rings is 2. The standard InChI is InChI=1S/C20H26ClN3O.C19H24ClN3O.C18H22ClN3O2.C18H22ClN3OS.C18H22ClN3O/c1-14-5-9-23(10-6-14)20(25)13-24-18-4-3-15(21)11-16(18)17-12-22(2)8-7-19(17)24;1-21-10-7-18-16(12-21)15-11-14(20)5-6-17(15)23(18)13-19(24)22-8-3-2-4-9-22;2*1-20-5-4-17-15(11-20)14-10-13(19)2-3-16(14)22(17)12-18(23)21-6-8-24-9-7-21;1-20-9-6-17-15(11-20)14-10-13(19)4-5-16(14)22(17)12-18(23)21-7-2-3-8-21/h3-4,11,14H,5-10,12-13H2,1-2H3;5-6,11H,2-4,7-10,12-13H2,1H3;2*2-3,10H,4-9,11-12H2,1H3;4-5,10H,2-3,6-9,11-12H2,1H3. The number of likely N-dealkylation sites (N-methyl/N-ethyl adjacent to an activating group) is 5. The monoisotopic (exact) mass is 1750 g/mol. The van der Waals surface area contributed by atoms with Crippen LogP contribution >= 0.6 is 69.8 Å². The summed E-state index contributed by atoms with van der Waals surface area (Å²) < 4.78 is 16.5. The number of fused-ring (bicyclic) bond motifs is 15. The highest BCUT2D eigenvalue weighted by molar-refractivity contribution is 7.99. The minimum atomic E-state index is 0.173. The van der Waals surface area contributed by atoms with Crippen molar-refractivity contribution >= 4 is 154 Å². The molecular formula is C93H116Cl5N15O6S. The molecule has 5 fully saturated rings. The van der Waals surface area contributed by atoms with Crippen LogP contribution in [0.15, 0.2) is 91.0 Å². The number of benzene rings is 5. The predicted octanol–water partition coefficient (Wildman–Crippen LogP) is 14.7. The molecule has 10 aromatic rings. The second-order valence-electron chi connectivity index (χ2n) is 34.9. The summed E-state index contributed by atoms with van der Waals surface area (Å²) in [6, 6.07) is 30.2. The Kier molecular flexibility index (Phi) is 27.6. The van der Waals surface area contributed by atoms with Crippen molar-refractivity contribution in [2.75, 3.05) is 158 Å². The van der Waals surface area contributed by atoms with Crippen LogP contribution in [-0.2, 0) is 126 Å². The number of hydrogen-bond donors (Lipinski definition) is 0. The van der Waals surface area contributed by atoms with E-state index >= 15 is 0 Å². The Labute approximate surface area is 735 Å². The van der Waals surface area contributed by atoms with Crippen LogP contribution in [0.25, 0.3) is 54.5 Å². The maximum Gasteiger partial charge on any atom is 0.242 e. The van der Waals surface area contributed by atoms with Gasteiger partial charge in [-0.2, -0.15) is 11.8 Å². The number of amides is 5. The van der Waals surface area contributed by atoms with Crippen LogP contribution in [0.1, 0.15) is 108 Å². The lowest BCUT2D eigenvalue weighted by Crippen LogP contribution is -2.42. The lowest BCUT2D eigenvalue weighted by Gasteiger charge is -2.31. The molecule has 20 rings (SSSR count). The third-order valence-corrected chi connectivity index (χ3v) is 28.7. The number of rotatable bonds is 10. The Balaban J connectivity index is 0.000000112. The van der Waals surface area contributed by atoms with Crippen molar-refractivity contribution in [2.24, 2.45) is 5.92 Å². The zero-order valence-corrected chi connectivity index (χ0v) is 75.3. The highest BCUT2D eigenvalue weighted by Gasteiger charge is 2.33. The quantitative estimate of drug-likeness (QED) is 0.128. The van der Waals surface area contributed by atoms with Crippen LogP contribution in [0.2, 0.25) is 25.1 Å². The van der Waals surface area contributed by atoms with E-state index < -0.39 is 0 Å². The van der Waals surface area contributed by atoms with Crippen LogP contribution in [0.4, 0.5) is 0 Å². The van der Waals surface area contributed by atoms with E-state index in [0.29, 0.717) is 59.0 Å². The summed E-state index contributed by atoms with van der Waals surface area (Å²) in [5.41, 5.74) is 18.9. The molecule has 5 saturated heterocycles. The van der Waals surface area contributed by atoms with E-state index in [2.05, 4.69) is 126 Å². The molecule has 640 valence electrons. The van der Waals surface area contributed by atoms with E-state index in [1.165, 1.54) is 89.6 Å². The van der Waals surface area contributed by atoms with Gasteiger partial charge in [0.15, 0.2) is 0 Å². The number of likely N-dealkylation sites (tertiary alicyclic amines) is 3. The molecule has 5 aromatic carbocycles. The second-order valence-corrected chi connectivity index (χ2v) is 38.3. The molecule has 21 nitrogen and oxygen atoms in total. The third-order valence-electron chi connectivity index (χ3n) is 26.5. The molecule has 120 heavy (non-hydrogen) atoms. The van der Waals surface area contributed by atoms with Crippen LogP contribution < -0.4 is 0 Å². The van der Waals surface area contributed by atoms with Crippen molar-refractivity contribution in [1.82, 2.24) is 71.8 Å². The smallest absolute Gasteiger partial charge is 0.242 e. The van der Waals surface area contributed by atoms with Crippen LogP contribution in [-0.4, -0.2) is 259 Å². The number of thioether (sulfide) groups is 1. The van der Waals surface area contributed by atoms with E-state index in [4.69, 9.17) is 62.7 Å². The third kappa shape index (κ3) is 19.2. The topological polar surface area (TPSA) is 152 Å². The van der Waals surface area contributed by atoms with Gasteiger partial charge in [0.25, 0.3) is 0 Å². The minimum Gasteiger partial charge on any atom is -0.378 e. The number of nitrogens with zero attached hydrogens (tertiary/aromatic N) is 15. The molecule has 0 atom stereocenters. The molecule has 10 aliphatic heterocycles. The molecule has 0 bridgehead atoms. The van der Waals surface area contributed by atoms with Crippen molar-refractivity contribution in [3.8, 4) is 0 Å². The van der Waals surface area contributed by atoms with Gasteiger partial charge in [-0.3, -0.25) is 24.0 Å². The predicted molar refractivity (Wildman–Crippen MR) is 487 cm³/mol. The minimum absolute atomic E-state index is 0.173. The van der Waals surface area contributed by atoms with Gasteiger partial charge in [0.2, 0.25) is 29.5 Å². The van der Waals surface area contributed by atoms with Crippen LogP contribution in [0, 0.1) is 5.92 Å². The van der Waals surface area contributed by atoms with Crippen LogP contribution in [0.5, 0.6) is 0 Å².